The molecule has 5 heteroatoms. The van der Waals surface area contributed by atoms with Crippen molar-refractivity contribution in [2.75, 3.05) is 11.4 Å². The Morgan fingerprint density at radius 2 is 2.06 bits per heavy atom. The average molecular weight is 251 g/mol. The summed E-state index contributed by atoms with van der Waals surface area (Å²) in [7, 11) is 0. The number of benzene rings is 1. The molecule has 1 aliphatic heterocycles. The molecule has 1 aromatic rings. The fourth-order valence-electron chi connectivity index (χ4n) is 2.21. The van der Waals surface area contributed by atoms with E-state index in [4.69, 9.17) is 5.11 Å². The number of hydrogen-bond donors (Lipinski definition) is 1. The molecular formula is C13H14FNO3. The highest BCUT2D eigenvalue weighted by molar-refractivity contribution is 5.94. The highest BCUT2D eigenvalue weighted by atomic mass is 19.1. The third kappa shape index (κ3) is 2.85. The molecule has 96 valence electrons. The van der Waals surface area contributed by atoms with Crippen LogP contribution in [0.25, 0.3) is 0 Å². The summed E-state index contributed by atoms with van der Waals surface area (Å²) in [4.78, 5) is 24.1. The number of nitrogens with zero attached hydrogens (tertiary/aromatic N) is 1. The van der Waals surface area contributed by atoms with Gasteiger partial charge in [0.05, 0.1) is 0 Å². The van der Waals surface area contributed by atoms with E-state index in [0.717, 1.165) is 0 Å². The van der Waals surface area contributed by atoms with Gasteiger partial charge in [0.2, 0.25) is 5.91 Å². The van der Waals surface area contributed by atoms with Gasteiger partial charge in [0.15, 0.2) is 0 Å². The standard InChI is InChI=1S/C13H14FNO3/c14-10-1-3-11(4-2-10)15-6-5-9(7-12(15)16)8-13(17)18/h1-4,9H,5-8H2,(H,17,18). The molecule has 1 heterocycles. The van der Waals surface area contributed by atoms with Crippen LogP contribution < -0.4 is 4.90 Å². The molecule has 4 nitrogen and oxygen atoms in total. The molecule has 18 heavy (non-hydrogen) atoms. The SMILES string of the molecule is O=C(O)CC1CCN(c2ccc(F)cc2)C(=O)C1. The van der Waals surface area contributed by atoms with E-state index in [0.29, 0.717) is 18.7 Å². The Bertz CT molecular complexity index is 458. The number of anilines is 1. The Kier molecular flexibility index (Phi) is 3.60. The molecule has 0 aliphatic carbocycles. The zero-order valence-electron chi connectivity index (χ0n) is 9.80. The first-order valence-electron chi connectivity index (χ1n) is 5.84. The van der Waals surface area contributed by atoms with Crippen molar-refractivity contribution in [1.29, 1.82) is 0 Å². The first-order chi connectivity index (χ1) is 8.56. The van der Waals surface area contributed by atoms with Gasteiger partial charge in [-0.25, -0.2) is 4.39 Å². The third-order valence-corrected chi connectivity index (χ3v) is 3.13. The molecule has 0 saturated carbocycles. The van der Waals surface area contributed by atoms with Crippen molar-refractivity contribution in [2.45, 2.75) is 19.3 Å². The summed E-state index contributed by atoms with van der Waals surface area (Å²) in [6.07, 6.45) is 0.933. The number of aliphatic carboxylic acids is 1. The van der Waals surface area contributed by atoms with Crippen LogP contribution in [0.3, 0.4) is 0 Å². The molecule has 0 bridgehead atoms. The van der Waals surface area contributed by atoms with E-state index in [1.54, 1.807) is 17.0 Å². The largest absolute Gasteiger partial charge is 0.481 e. The van der Waals surface area contributed by atoms with Crippen LogP contribution in [0.15, 0.2) is 24.3 Å². The van der Waals surface area contributed by atoms with Gasteiger partial charge >= 0.3 is 5.97 Å². The molecule has 1 aliphatic rings. The predicted molar refractivity (Wildman–Crippen MR) is 63.7 cm³/mol. The number of carbonyl (C=O) groups excluding carboxylic acids is 1. The van der Waals surface area contributed by atoms with E-state index in [-0.39, 0.29) is 30.5 Å². The number of piperidine rings is 1. The van der Waals surface area contributed by atoms with Crippen LogP contribution in [0.4, 0.5) is 10.1 Å². The molecule has 1 aromatic carbocycles. The number of carbonyl (C=O) groups is 2. The summed E-state index contributed by atoms with van der Waals surface area (Å²) < 4.78 is 12.8. The fourth-order valence-corrected chi connectivity index (χ4v) is 2.21. The summed E-state index contributed by atoms with van der Waals surface area (Å²) >= 11 is 0. The number of amides is 1. The molecule has 1 atom stereocenters. The van der Waals surface area contributed by atoms with Crippen molar-refractivity contribution < 1.29 is 19.1 Å². The lowest BCUT2D eigenvalue weighted by Gasteiger charge is -2.31. The van der Waals surface area contributed by atoms with Crippen LogP contribution in [0.1, 0.15) is 19.3 Å². The van der Waals surface area contributed by atoms with Crippen LogP contribution in [0.2, 0.25) is 0 Å². The van der Waals surface area contributed by atoms with Crippen molar-refractivity contribution in [3.63, 3.8) is 0 Å². The van der Waals surface area contributed by atoms with Crippen molar-refractivity contribution in [2.24, 2.45) is 5.92 Å². The lowest BCUT2D eigenvalue weighted by Crippen LogP contribution is -2.39. The lowest BCUT2D eigenvalue weighted by atomic mass is 9.93. The van der Waals surface area contributed by atoms with Gasteiger partial charge in [-0.1, -0.05) is 0 Å². The molecule has 0 radical (unpaired) electrons. The van der Waals surface area contributed by atoms with Gasteiger partial charge in [0.25, 0.3) is 0 Å². The lowest BCUT2D eigenvalue weighted by molar-refractivity contribution is -0.138. The van der Waals surface area contributed by atoms with Gasteiger partial charge in [-0.15, -0.1) is 0 Å². The van der Waals surface area contributed by atoms with E-state index in [1.165, 1.54) is 12.1 Å². The maximum atomic E-state index is 12.8. The molecule has 1 fully saturated rings. The average Bonchev–Trinajstić information content (AvgIpc) is 2.30. The van der Waals surface area contributed by atoms with Gasteiger partial charge in [-0.3, -0.25) is 9.59 Å². The molecular weight excluding hydrogens is 237 g/mol. The molecule has 1 amide bonds. The van der Waals surface area contributed by atoms with Gasteiger partial charge < -0.3 is 10.0 Å². The summed E-state index contributed by atoms with van der Waals surface area (Å²) in [6, 6.07) is 5.74. The second-order valence-electron chi connectivity index (χ2n) is 4.48. The monoisotopic (exact) mass is 251 g/mol. The third-order valence-electron chi connectivity index (χ3n) is 3.13. The Morgan fingerprint density at radius 1 is 1.39 bits per heavy atom. The highest BCUT2D eigenvalue weighted by Crippen LogP contribution is 2.26. The summed E-state index contributed by atoms with van der Waals surface area (Å²) in [5.41, 5.74) is 0.662. The van der Waals surface area contributed by atoms with E-state index in [9.17, 15) is 14.0 Å². The van der Waals surface area contributed by atoms with Crippen molar-refractivity contribution in [3.05, 3.63) is 30.1 Å². The Hall–Kier alpha value is -1.91. The fraction of sp³-hybridized carbons (Fsp3) is 0.385. The van der Waals surface area contributed by atoms with Crippen LogP contribution >= 0.6 is 0 Å². The van der Waals surface area contributed by atoms with Crippen LogP contribution in [0, 0.1) is 11.7 Å². The zero-order chi connectivity index (χ0) is 13.1. The second-order valence-corrected chi connectivity index (χ2v) is 4.48. The van der Waals surface area contributed by atoms with Crippen molar-refractivity contribution in [3.8, 4) is 0 Å². The van der Waals surface area contributed by atoms with Gasteiger partial charge in [0.1, 0.15) is 5.82 Å². The van der Waals surface area contributed by atoms with Crippen LogP contribution in [0.5, 0.6) is 0 Å². The minimum atomic E-state index is -0.872. The van der Waals surface area contributed by atoms with Gasteiger partial charge in [0, 0.05) is 25.1 Å². The Morgan fingerprint density at radius 3 is 2.61 bits per heavy atom. The highest BCUT2D eigenvalue weighted by Gasteiger charge is 2.28. The topological polar surface area (TPSA) is 57.6 Å². The Labute approximate surface area is 104 Å². The van der Waals surface area contributed by atoms with E-state index < -0.39 is 5.97 Å². The van der Waals surface area contributed by atoms with Crippen LogP contribution in [-0.4, -0.2) is 23.5 Å². The minimum absolute atomic E-state index is 0.0308. The van der Waals surface area contributed by atoms with E-state index in [2.05, 4.69) is 0 Å². The quantitative estimate of drug-likeness (QED) is 0.894. The van der Waals surface area contributed by atoms with Gasteiger partial charge in [-0.2, -0.15) is 0 Å². The summed E-state index contributed by atoms with van der Waals surface area (Å²) in [5, 5.41) is 8.70. The number of carboxylic acids is 1. The zero-order valence-corrected chi connectivity index (χ0v) is 9.80. The number of halogens is 1. The molecule has 1 N–H and O–H groups in total. The Balaban J connectivity index is 2.03. The number of carboxylic acid groups (broad SMARTS) is 1. The summed E-state index contributed by atoms with van der Waals surface area (Å²) in [5.74, 6) is -1.40. The molecule has 1 unspecified atom stereocenters. The smallest absolute Gasteiger partial charge is 0.303 e. The summed E-state index contributed by atoms with van der Waals surface area (Å²) in [6.45, 7) is 0.489. The normalized spacial score (nSPS) is 19.9. The maximum Gasteiger partial charge on any atom is 0.303 e. The maximum absolute atomic E-state index is 12.8. The molecule has 1 saturated heterocycles. The number of rotatable bonds is 3. The molecule has 0 spiro atoms. The van der Waals surface area contributed by atoms with Crippen LogP contribution in [-0.2, 0) is 9.59 Å². The molecule has 0 aromatic heterocycles. The van der Waals surface area contributed by atoms with Gasteiger partial charge in [-0.05, 0) is 36.6 Å². The first-order valence-corrected chi connectivity index (χ1v) is 5.84. The van der Waals surface area contributed by atoms with Crippen molar-refractivity contribution in [1.82, 2.24) is 0 Å². The predicted octanol–water partition coefficient (Wildman–Crippen LogP) is 2.04. The van der Waals surface area contributed by atoms with Crippen molar-refractivity contribution >= 4 is 17.6 Å². The second kappa shape index (κ2) is 5.16. The minimum Gasteiger partial charge on any atom is -0.481 e. The number of hydrogen-bond acceptors (Lipinski definition) is 2. The molecule has 2 rings (SSSR count). The first kappa shape index (κ1) is 12.5. The van der Waals surface area contributed by atoms with E-state index in [1.807, 2.05) is 0 Å². The van der Waals surface area contributed by atoms with E-state index >= 15 is 0 Å².